The molecule has 2 aliphatic rings. The van der Waals surface area contributed by atoms with Gasteiger partial charge >= 0.3 is 0 Å². The third kappa shape index (κ3) is 5.44. The standard InChI is InChI=1S/C25H33N3O4/c1-16-3-5-18(6-4-16)21(13-24(29)22-15-32-28-17(22)2)25(30)27-20-7-8-23(26-14-20)19-9-11-31-12-10-19/h7-8,14-16,18-19,21H,3-6,9-13H2,1-2H3,(H,27,30)/t16?,18?,21-/m0/s1. The van der Waals surface area contributed by atoms with E-state index in [-0.39, 0.29) is 29.9 Å². The van der Waals surface area contributed by atoms with Gasteiger partial charge in [0.15, 0.2) is 5.78 Å². The molecule has 0 bridgehead atoms. The number of hydrogen-bond donors (Lipinski definition) is 1. The van der Waals surface area contributed by atoms with Gasteiger partial charge in [0.05, 0.1) is 23.1 Å². The average Bonchev–Trinajstić information content (AvgIpc) is 3.25. The molecule has 2 fully saturated rings. The second-order valence-electron chi connectivity index (χ2n) is 9.42. The lowest BCUT2D eigenvalue weighted by Crippen LogP contribution is -2.33. The fourth-order valence-corrected chi connectivity index (χ4v) is 4.98. The first-order valence-electron chi connectivity index (χ1n) is 11.8. The minimum atomic E-state index is -0.375. The Morgan fingerprint density at radius 1 is 1.12 bits per heavy atom. The van der Waals surface area contributed by atoms with Crippen LogP contribution in [0.15, 0.2) is 29.1 Å². The zero-order valence-corrected chi connectivity index (χ0v) is 19.0. The molecule has 0 unspecified atom stereocenters. The zero-order valence-electron chi connectivity index (χ0n) is 19.0. The maximum Gasteiger partial charge on any atom is 0.228 e. The lowest BCUT2D eigenvalue weighted by atomic mass is 9.74. The number of carbonyl (C=O) groups excluding carboxylic acids is 2. The molecule has 1 atom stereocenters. The van der Waals surface area contributed by atoms with Crippen molar-refractivity contribution in [1.82, 2.24) is 10.1 Å². The molecule has 4 rings (SSSR count). The molecule has 1 amide bonds. The van der Waals surface area contributed by atoms with Gasteiger partial charge in [-0.3, -0.25) is 14.6 Å². The summed E-state index contributed by atoms with van der Waals surface area (Å²) in [5.41, 5.74) is 2.75. The predicted molar refractivity (Wildman–Crippen MR) is 120 cm³/mol. The van der Waals surface area contributed by atoms with Crippen LogP contribution in [-0.4, -0.2) is 35.0 Å². The molecule has 1 saturated carbocycles. The van der Waals surface area contributed by atoms with E-state index in [9.17, 15) is 9.59 Å². The quantitative estimate of drug-likeness (QED) is 0.615. The highest BCUT2D eigenvalue weighted by Crippen LogP contribution is 2.36. The molecular weight excluding hydrogens is 406 g/mol. The number of nitrogens with zero attached hydrogens (tertiary/aromatic N) is 2. The summed E-state index contributed by atoms with van der Waals surface area (Å²) in [4.78, 5) is 30.8. The first-order valence-corrected chi connectivity index (χ1v) is 11.8. The number of ketones is 1. The molecule has 2 aromatic heterocycles. The van der Waals surface area contributed by atoms with Crippen LogP contribution in [0.1, 0.15) is 79.5 Å². The van der Waals surface area contributed by atoms with Crippen molar-refractivity contribution in [3.63, 3.8) is 0 Å². The molecule has 1 N–H and O–H groups in total. The molecular formula is C25H33N3O4. The minimum absolute atomic E-state index is 0.0875. The van der Waals surface area contributed by atoms with Gasteiger partial charge in [-0.25, -0.2) is 0 Å². The number of rotatable bonds is 7. The van der Waals surface area contributed by atoms with Gasteiger partial charge in [-0.15, -0.1) is 0 Å². The first kappa shape index (κ1) is 22.6. The highest BCUT2D eigenvalue weighted by atomic mass is 16.5. The average molecular weight is 440 g/mol. The number of anilines is 1. The SMILES string of the molecule is Cc1nocc1C(=O)C[C@H](C(=O)Nc1ccc(C2CCOCC2)nc1)C1CCC(C)CC1. The maximum atomic E-state index is 13.3. The summed E-state index contributed by atoms with van der Waals surface area (Å²) < 4.78 is 10.4. The van der Waals surface area contributed by atoms with Gasteiger partial charge in [0.2, 0.25) is 5.91 Å². The Labute approximate surface area is 189 Å². The summed E-state index contributed by atoms with van der Waals surface area (Å²) in [5.74, 6) is 0.718. The second kappa shape index (κ2) is 10.4. The monoisotopic (exact) mass is 439 g/mol. The molecule has 7 heteroatoms. The van der Waals surface area contributed by atoms with E-state index in [1.54, 1.807) is 13.1 Å². The van der Waals surface area contributed by atoms with Crippen LogP contribution in [0, 0.1) is 24.7 Å². The van der Waals surface area contributed by atoms with E-state index in [1.807, 2.05) is 12.1 Å². The third-order valence-electron chi connectivity index (χ3n) is 7.12. The highest BCUT2D eigenvalue weighted by Gasteiger charge is 2.34. The summed E-state index contributed by atoms with van der Waals surface area (Å²) in [6.45, 7) is 5.54. The number of carbonyl (C=O) groups is 2. The van der Waals surface area contributed by atoms with Gasteiger partial charge in [0.25, 0.3) is 0 Å². The van der Waals surface area contributed by atoms with Crippen LogP contribution in [0.2, 0.25) is 0 Å². The van der Waals surface area contributed by atoms with Crippen molar-refractivity contribution in [2.24, 2.45) is 17.8 Å². The smallest absolute Gasteiger partial charge is 0.228 e. The molecule has 32 heavy (non-hydrogen) atoms. The molecule has 0 aromatic carbocycles. The summed E-state index contributed by atoms with van der Waals surface area (Å²) in [5, 5.41) is 6.84. The molecule has 172 valence electrons. The fourth-order valence-electron chi connectivity index (χ4n) is 4.98. The summed E-state index contributed by atoms with van der Waals surface area (Å²) in [7, 11) is 0. The van der Waals surface area contributed by atoms with E-state index < -0.39 is 0 Å². The van der Waals surface area contributed by atoms with Gasteiger partial charge in [-0.05, 0) is 56.6 Å². The molecule has 7 nitrogen and oxygen atoms in total. The Hall–Kier alpha value is -2.54. The van der Waals surface area contributed by atoms with Crippen LogP contribution in [0.4, 0.5) is 5.69 Å². The second-order valence-corrected chi connectivity index (χ2v) is 9.42. The molecule has 0 radical (unpaired) electrons. The van der Waals surface area contributed by atoms with E-state index in [4.69, 9.17) is 9.26 Å². The van der Waals surface area contributed by atoms with Crippen LogP contribution in [0.25, 0.3) is 0 Å². The van der Waals surface area contributed by atoms with Crippen molar-refractivity contribution in [3.05, 3.63) is 41.5 Å². The highest BCUT2D eigenvalue weighted by molar-refractivity contribution is 6.01. The summed E-state index contributed by atoms with van der Waals surface area (Å²) in [6, 6.07) is 3.91. The maximum absolute atomic E-state index is 13.3. The van der Waals surface area contributed by atoms with E-state index in [2.05, 4.69) is 22.4 Å². The van der Waals surface area contributed by atoms with Gasteiger partial charge in [-0.2, -0.15) is 0 Å². The van der Waals surface area contributed by atoms with E-state index in [0.717, 1.165) is 57.4 Å². The Bertz CT molecular complexity index is 910. The van der Waals surface area contributed by atoms with Crippen molar-refractivity contribution < 1.29 is 18.8 Å². The fraction of sp³-hybridized carbons (Fsp3) is 0.600. The minimum Gasteiger partial charge on any atom is -0.381 e. The lowest BCUT2D eigenvalue weighted by molar-refractivity contribution is -0.122. The van der Waals surface area contributed by atoms with Crippen LogP contribution in [-0.2, 0) is 9.53 Å². The van der Waals surface area contributed by atoms with Crippen LogP contribution in [0.3, 0.4) is 0 Å². The van der Waals surface area contributed by atoms with Crippen LogP contribution >= 0.6 is 0 Å². The number of amides is 1. The third-order valence-corrected chi connectivity index (χ3v) is 7.12. The van der Waals surface area contributed by atoms with Crippen molar-refractivity contribution in [1.29, 1.82) is 0 Å². The van der Waals surface area contributed by atoms with E-state index in [0.29, 0.717) is 28.8 Å². The Kier molecular flexibility index (Phi) is 7.35. The molecule has 1 aliphatic carbocycles. The molecule has 3 heterocycles. The van der Waals surface area contributed by atoms with Crippen molar-refractivity contribution in [2.45, 2.75) is 64.7 Å². The zero-order chi connectivity index (χ0) is 22.5. The molecule has 1 aliphatic heterocycles. The summed E-state index contributed by atoms with van der Waals surface area (Å²) in [6.07, 6.45) is 9.36. The number of pyridine rings is 1. The van der Waals surface area contributed by atoms with Crippen molar-refractivity contribution in [2.75, 3.05) is 18.5 Å². The number of aryl methyl sites for hydroxylation is 1. The van der Waals surface area contributed by atoms with Gasteiger partial charge in [-0.1, -0.05) is 24.9 Å². The van der Waals surface area contributed by atoms with Gasteiger partial charge < -0.3 is 14.6 Å². The van der Waals surface area contributed by atoms with E-state index in [1.165, 1.54) is 6.26 Å². The van der Waals surface area contributed by atoms with Gasteiger partial charge in [0.1, 0.15) is 6.26 Å². The Morgan fingerprint density at radius 2 is 1.88 bits per heavy atom. The lowest BCUT2D eigenvalue weighted by Gasteiger charge is -2.31. The van der Waals surface area contributed by atoms with Crippen LogP contribution < -0.4 is 5.32 Å². The predicted octanol–water partition coefficient (Wildman–Crippen LogP) is 4.93. The number of aromatic nitrogens is 2. The topological polar surface area (TPSA) is 94.3 Å². The molecule has 2 aromatic rings. The van der Waals surface area contributed by atoms with Crippen LogP contribution in [0.5, 0.6) is 0 Å². The largest absolute Gasteiger partial charge is 0.381 e. The van der Waals surface area contributed by atoms with Gasteiger partial charge in [0, 0.05) is 37.2 Å². The number of nitrogens with one attached hydrogen (secondary N) is 1. The summed E-state index contributed by atoms with van der Waals surface area (Å²) >= 11 is 0. The number of Topliss-reactive ketones (excluding diaryl/α,β-unsaturated/α-hetero) is 1. The molecule has 0 spiro atoms. The normalized spacial score (nSPS) is 22.9. The number of ether oxygens (including phenoxy) is 1. The van der Waals surface area contributed by atoms with Crippen molar-refractivity contribution in [3.8, 4) is 0 Å². The van der Waals surface area contributed by atoms with Crippen molar-refractivity contribution >= 4 is 17.4 Å². The first-order chi connectivity index (χ1) is 15.5. The van der Waals surface area contributed by atoms with E-state index >= 15 is 0 Å². The molecule has 1 saturated heterocycles. The Balaban J connectivity index is 1.45. The number of hydrogen-bond acceptors (Lipinski definition) is 6. The Morgan fingerprint density at radius 3 is 2.50 bits per heavy atom.